The molecule has 1 aliphatic rings. The predicted molar refractivity (Wildman–Crippen MR) is 65.3 cm³/mol. The summed E-state index contributed by atoms with van der Waals surface area (Å²) < 4.78 is 5.16. The minimum absolute atomic E-state index is 0.133. The molecule has 0 radical (unpaired) electrons. The van der Waals surface area contributed by atoms with E-state index < -0.39 is 23.0 Å². The van der Waals surface area contributed by atoms with Crippen molar-refractivity contribution in [2.24, 2.45) is 5.92 Å². The molecule has 1 rings (SSSR count). The van der Waals surface area contributed by atoms with E-state index in [1.165, 1.54) is 0 Å². The second-order valence-electron chi connectivity index (χ2n) is 5.69. The van der Waals surface area contributed by atoms with Gasteiger partial charge < -0.3 is 10.1 Å². The Morgan fingerprint density at radius 2 is 1.94 bits per heavy atom. The first kappa shape index (κ1) is 14.5. The number of carbonyl (C=O) groups is 2. The summed E-state index contributed by atoms with van der Waals surface area (Å²) in [5.41, 5.74) is -2.17. The Balaban J connectivity index is 2.81. The van der Waals surface area contributed by atoms with Gasteiger partial charge in [0.2, 0.25) is 0 Å². The van der Waals surface area contributed by atoms with Crippen molar-refractivity contribution in [1.82, 2.24) is 5.32 Å². The van der Waals surface area contributed by atoms with Gasteiger partial charge in [-0.1, -0.05) is 6.92 Å². The molecule has 0 aromatic heterocycles. The fraction of sp³-hybridized carbons (Fsp3) is 0.769. The summed E-state index contributed by atoms with van der Waals surface area (Å²) in [5.74, 6) is -1.12. The number of nitrogens with one attached hydrogen (secondary N) is 1. The first-order chi connectivity index (χ1) is 8.24. The van der Waals surface area contributed by atoms with Crippen molar-refractivity contribution in [2.75, 3.05) is 0 Å². The van der Waals surface area contributed by atoms with E-state index in [4.69, 9.17) is 4.74 Å². The molecule has 0 bridgehead atoms. The summed E-state index contributed by atoms with van der Waals surface area (Å²) in [7, 11) is 0. The molecule has 0 aliphatic heterocycles. The van der Waals surface area contributed by atoms with Gasteiger partial charge in [0.25, 0.3) is 11.5 Å². The van der Waals surface area contributed by atoms with Crippen LogP contribution in [0.25, 0.3) is 0 Å². The van der Waals surface area contributed by atoms with E-state index in [1.807, 2.05) is 26.8 Å². The zero-order chi connectivity index (χ0) is 14.0. The lowest BCUT2D eigenvalue weighted by molar-refractivity contribution is -0.164. The lowest BCUT2D eigenvalue weighted by atomic mass is 9.98. The molecule has 0 aromatic rings. The van der Waals surface area contributed by atoms with Gasteiger partial charge in [-0.25, -0.2) is 0 Å². The van der Waals surface area contributed by atoms with Gasteiger partial charge in [0, 0.05) is 12.0 Å². The fourth-order valence-corrected chi connectivity index (χ4v) is 1.45. The molecule has 0 spiro atoms. The minimum Gasteiger partial charge on any atom is -0.434 e. The normalized spacial score (nSPS) is 18.4. The summed E-state index contributed by atoms with van der Waals surface area (Å²) in [6.45, 7) is 7.09. The van der Waals surface area contributed by atoms with Gasteiger partial charge in [-0.15, -0.1) is 0 Å². The van der Waals surface area contributed by atoms with E-state index in [0.29, 0.717) is 0 Å². The van der Waals surface area contributed by atoms with E-state index in [1.54, 1.807) is 6.92 Å². The van der Waals surface area contributed by atoms with Crippen molar-refractivity contribution in [2.45, 2.75) is 58.1 Å². The average molecular weight is 252 g/mol. The number of ether oxygens (including phenoxy) is 1. The number of nitrogens with zero attached hydrogens (tertiary/aromatic N) is 1. The third kappa shape index (κ3) is 3.46. The predicted octanol–water partition coefficient (Wildman–Crippen LogP) is 1.53. The summed E-state index contributed by atoms with van der Waals surface area (Å²) >= 11 is 0. The number of rotatable bonds is 4. The van der Waals surface area contributed by atoms with Crippen molar-refractivity contribution >= 4 is 11.9 Å². The number of hydrogen-bond acceptors (Lipinski definition) is 4. The Kier molecular flexibility index (Phi) is 4.00. The first-order valence-electron chi connectivity index (χ1n) is 6.21. The molecule has 1 N–H and O–H groups in total. The summed E-state index contributed by atoms with van der Waals surface area (Å²) in [6, 6.07) is 1.85. The SMILES string of the molecule is CCC(C#N)(OC(=O)C1CC1)C(=O)NC(C)(C)C. The van der Waals surface area contributed by atoms with E-state index >= 15 is 0 Å². The molecule has 1 amide bonds. The highest BCUT2D eigenvalue weighted by Gasteiger charge is 2.45. The van der Waals surface area contributed by atoms with Crippen LogP contribution in [-0.2, 0) is 14.3 Å². The van der Waals surface area contributed by atoms with Gasteiger partial charge >= 0.3 is 5.97 Å². The van der Waals surface area contributed by atoms with Gasteiger partial charge in [0.15, 0.2) is 0 Å². The molecule has 1 saturated carbocycles. The van der Waals surface area contributed by atoms with Crippen LogP contribution in [0, 0.1) is 17.2 Å². The third-order valence-electron chi connectivity index (χ3n) is 2.72. The Morgan fingerprint density at radius 3 is 2.28 bits per heavy atom. The van der Waals surface area contributed by atoms with Crippen LogP contribution in [0.2, 0.25) is 0 Å². The zero-order valence-electron chi connectivity index (χ0n) is 11.4. The second-order valence-corrected chi connectivity index (χ2v) is 5.69. The number of carbonyl (C=O) groups excluding carboxylic acids is 2. The van der Waals surface area contributed by atoms with Crippen molar-refractivity contribution in [3.8, 4) is 6.07 Å². The summed E-state index contributed by atoms with van der Waals surface area (Å²) in [6.07, 6.45) is 1.71. The van der Waals surface area contributed by atoms with Crippen LogP contribution in [0.3, 0.4) is 0 Å². The molecular weight excluding hydrogens is 232 g/mol. The molecule has 5 nitrogen and oxygen atoms in total. The van der Waals surface area contributed by atoms with Gasteiger partial charge in [-0.2, -0.15) is 5.26 Å². The minimum atomic E-state index is -1.70. The lowest BCUT2D eigenvalue weighted by Gasteiger charge is -2.29. The molecule has 18 heavy (non-hydrogen) atoms. The molecule has 0 aromatic carbocycles. The van der Waals surface area contributed by atoms with Crippen LogP contribution in [0.1, 0.15) is 47.0 Å². The van der Waals surface area contributed by atoms with Gasteiger partial charge in [0.1, 0.15) is 6.07 Å². The average Bonchev–Trinajstić information content (AvgIpc) is 3.06. The summed E-state index contributed by atoms with van der Waals surface area (Å²) in [5, 5.41) is 11.9. The Bertz CT molecular complexity index is 388. The van der Waals surface area contributed by atoms with Crippen LogP contribution in [0.5, 0.6) is 0 Å². The second kappa shape index (κ2) is 4.97. The van der Waals surface area contributed by atoms with Crippen molar-refractivity contribution in [3.05, 3.63) is 0 Å². The molecule has 0 saturated heterocycles. The molecule has 1 fully saturated rings. The van der Waals surface area contributed by atoms with E-state index in [-0.39, 0.29) is 12.3 Å². The number of hydrogen-bond donors (Lipinski definition) is 1. The van der Waals surface area contributed by atoms with Crippen molar-refractivity contribution in [3.63, 3.8) is 0 Å². The van der Waals surface area contributed by atoms with Crippen LogP contribution in [0.15, 0.2) is 0 Å². The van der Waals surface area contributed by atoms with Gasteiger partial charge in [-0.3, -0.25) is 9.59 Å². The first-order valence-corrected chi connectivity index (χ1v) is 6.21. The Labute approximate surface area is 107 Å². The zero-order valence-corrected chi connectivity index (χ0v) is 11.4. The molecule has 1 atom stereocenters. The van der Waals surface area contributed by atoms with Crippen LogP contribution in [0.4, 0.5) is 0 Å². The monoisotopic (exact) mass is 252 g/mol. The molecular formula is C13H20N2O3. The topological polar surface area (TPSA) is 79.2 Å². The quantitative estimate of drug-likeness (QED) is 0.769. The number of esters is 1. The van der Waals surface area contributed by atoms with Crippen molar-refractivity contribution < 1.29 is 14.3 Å². The number of nitriles is 1. The highest BCUT2D eigenvalue weighted by Crippen LogP contribution is 2.32. The van der Waals surface area contributed by atoms with Crippen LogP contribution >= 0.6 is 0 Å². The third-order valence-corrected chi connectivity index (χ3v) is 2.72. The van der Waals surface area contributed by atoms with E-state index in [2.05, 4.69) is 5.32 Å². The van der Waals surface area contributed by atoms with Gasteiger partial charge in [0.05, 0.1) is 5.92 Å². The molecule has 0 heterocycles. The highest BCUT2D eigenvalue weighted by molar-refractivity contribution is 5.91. The van der Waals surface area contributed by atoms with E-state index in [9.17, 15) is 14.9 Å². The maximum Gasteiger partial charge on any atom is 0.310 e. The maximum absolute atomic E-state index is 12.1. The Hall–Kier alpha value is -1.57. The van der Waals surface area contributed by atoms with Crippen molar-refractivity contribution in [1.29, 1.82) is 5.26 Å². The molecule has 1 unspecified atom stereocenters. The standard InChI is InChI=1S/C13H20N2O3/c1-5-13(8-14,11(17)15-12(2,3)4)18-10(16)9-6-7-9/h9H,5-7H2,1-4H3,(H,15,17). The lowest BCUT2D eigenvalue weighted by Crippen LogP contribution is -2.54. The molecule has 100 valence electrons. The fourth-order valence-electron chi connectivity index (χ4n) is 1.45. The number of amides is 1. The van der Waals surface area contributed by atoms with Crippen LogP contribution < -0.4 is 5.32 Å². The largest absolute Gasteiger partial charge is 0.434 e. The smallest absolute Gasteiger partial charge is 0.310 e. The molecule has 5 heteroatoms. The van der Waals surface area contributed by atoms with E-state index in [0.717, 1.165) is 12.8 Å². The maximum atomic E-state index is 12.1. The highest BCUT2D eigenvalue weighted by atomic mass is 16.6. The van der Waals surface area contributed by atoms with Crippen LogP contribution in [-0.4, -0.2) is 23.0 Å². The molecule has 1 aliphatic carbocycles. The van der Waals surface area contributed by atoms with Gasteiger partial charge in [-0.05, 0) is 33.6 Å². The Morgan fingerprint density at radius 1 is 1.39 bits per heavy atom. The summed E-state index contributed by atoms with van der Waals surface area (Å²) in [4.78, 5) is 23.8.